The summed E-state index contributed by atoms with van der Waals surface area (Å²) in [5.74, 6) is 0. The molecule has 5 heteroatoms. The summed E-state index contributed by atoms with van der Waals surface area (Å²) in [5, 5.41) is 9.79. The van der Waals surface area contributed by atoms with Gasteiger partial charge in [0.1, 0.15) is 0 Å². The number of hydrogen-bond donors (Lipinski definition) is 2. The molecule has 2 N–H and O–H groups in total. The third-order valence-electron chi connectivity index (χ3n) is 2.19. The molecule has 0 fully saturated rings. The van der Waals surface area contributed by atoms with Crippen molar-refractivity contribution in [2.24, 2.45) is 0 Å². The quantitative estimate of drug-likeness (QED) is 0.813. The van der Waals surface area contributed by atoms with Crippen molar-refractivity contribution < 1.29 is 5.11 Å². The molecule has 0 amide bonds. The van der Waals surface area contributed by atoms with Crippen LogP contribution in [0.1, 0.15) is 6.92 Å². The summed E-state index contributed by atoms with van der Waals surface area (Å²) in [6.45, 7) is 1.87. The number of nitrogens with one attached hydrogen (secondary N) is 1. The molecule has 0 aliphatic carbocycles. The predicted molar refractivity (Wildman–Crippen MR) is 59.2 cm³/mol. The number of H-pyrrole nitrogens is 1. The second-order valence-electron chi connectivity index (χ2n) is 3.53. The van der Waals surface area contributed by atoms with Crippen molar-refractivity contribution in [1.29, 1.82) is 0 Å². The van der Waals surface area contributed by atoms with Crippen molar-refractivity contribution >= 4 is 22.6 Å². The lowest BCUT2D eigenvalue weighted by Crippen LogP contribution is -2.22. The maximum atomic E-state index is 11.6. The Morgan fingerprint density at radius 3 is 3.00 bits per heavy atom. The third-order valence-corrected chi connectivity index (χ3v) is 2.50. The Labute approximate surface area is 91.1 Å². The van der Waals surface area contributed by atoms with Gasteiger partial charge in [0.15, 0.2) is 0 Å². The lowest BCUT2D eigenvalue weighted by Gasteiger charge is -2.06. The van der Waals surface area contributed by atoms with Gasteiger partial charge in [-0.1, -0.05) is 17.7 Å². The average molecular weight is 227 g/mol. The first-order chi connectivity index (χ1) is 7.09. The van der Waals surface area contributed by atoms with Crippen LogP contribution < -0.4 is 5.69 Å². The van der Waals surface area contributed by atoms with Gasteiger partial charge in [-0.3, -0.25) is 4.57 Å². The number of para-hydroxylation sites is 1. The molecule has 0 aliphatic rings. The number of aromatic nitrogens is 2. The van der Waals surface area contributed by atoms with E-state index in [0.29, 0.717) is 16.1 Å². The van der Waals surface area contributed by atoms with Crippen molar-refractivity contribution in [1.82, 2.24) is 9.55 Å². The molecule has 1 aromatic heterocycles. The summed E-state index contributed by atoms with van der Waals surface area (Å²) in [4.78, 5) is 14.2. The van der Waals surface area contributed by atoms with E-state index in [1.54, 1.807) is 25.1 Å². The lowest BCUT2D eigenvalue weighted by molar-refractivity contribution is 0.174. The minimum absolute atomic E-state index is 0.239. The van der Waals surface area contributed by atoms with Crippen LogP contribution in [0.3, 0.4) is 0 Å². The first kappa shape index (κ1) is 10.3. The highest BCUT2D eigenvalue weighted by Crippen LogP contribution is 2.20. The number of aromatic amines is 1. The van der Waals surface area contributed by atoms with Crippen LogP contribution >= 0.6 is 11.6 Å². The fourth-order valence-corrected chi connectivity index (χ4v) is 1.89. The molecule has 2 aromatic rings. The van der Waals surface area contributed by atoms with E-state index in [2.05, 4.69) is 4.98 Å². The Morgan fingerprint density at radius 1 is 1.60 bits per heavy atom. The molecule has 0 aliphatic heterocycles. The summed E-state index contributed by atoms with van der Waals surface area (Å²) in [6.07, 6.45) is -0.585. The summed E-state index contributed by atoms with van der Waals surface area (Å²) >= 11 is 6.00. The van der Waals surface area contributed by atoms with Crippen LogP contribution in [-0.4, -0.2) is 20.8 Å². The second-order valence-corrected chi connectivity index (χ2v) is 3.93. The van der Waals surface area contributed by atoms with E-state index < -0.39 is 6.10 Å². The van der Waals surface area contributed by atoms with Crippen molar-refractivity contribution in [3.8, 4) is 0 Å². The van der Waals surface area contributed by atoms with Gasteiger partial charge in [-0.05, 0) is 19.1 Å². The molecule has 1 heterocycles. The van der Waals surface area contributed by atoms with Crippen LogP contribution in [-0.2, 0) is 6.54 Å². The Balaban J connectivity index is 2.71. The van der Waals surface area contributed by atoms with Crippen molar-refractivity contribution in [3.05, 3.63) is 33.7 Å². The topological polar surface area (TPSA) is 58.0 Å². The minimum atomic E-state index is -0.585. The number of rotatable bonds is 2. The van der Waals surface area contributed by atoms with Gasteiger partial charge in [0.2, 0.25) is 0 Å². The molecule has 1 unspecified atom stereocenters. The van der Waals surface area contributed by atoms with Gasteiger partial charge >= 0.3 is 5.69 Å². The molecule has 1 atom stereocenters. The maximum Gasteiger partial charge on any atom is 0.326 e. The van der Waals surface area contributed by atoms with E-state index in [0.717, 1.165) is 0 Å². The number of hydrogen-bond acceptors (Lipinski definition) is 2. The molecule has 0 saturated carbocycles. The van der Waals surface area contributed by atoms with Crippen LogP contribution in [0.15, 0.2) is 23.0 Å². The Morgan fingerprint density at radius 2 is 2.33 bits per heavy atom. The van der Waals surface area contributed by atoms with Gasteiger partial charge in [-0.25, -0.2) is 4.79 Å². The van der Waals surface area contributed by atoms with Crippen LogP contribution in [0.2, 0.25) is 5.02 Å². The number of halogens is 1. The normalized spacial score (nSPS) is 13.3. The van der Waals surface area contributed by atoms with Crippen LogP contribution in [0.5, 0.6) is 0 Å². The highest BCUT2D eigenvalue weighted by atomic mass is 35.5. The molecule has 80 valence electrons. The van der Waals surface area contributed by atoms with E-state index in [1.165, 1.54) is 4.57 Å². The van der Waals surface area contributed by atoms with Crippen LogP contribution in [0.25, 0.3) is 11.0 Å². The number of fused-ring (bicyclic) bond motifs is 1. The number of aliphatic hydroxyl groups excluding tert-OH is 1. The van der Waals surface area contributed by atoms with Crippen molar-refractivity contribution in [2.45, 2.75) is 19.6 Å². The average Bonchev–Trinajstić information content (AvgIpc) is 2.43. The maximum absolute atomic E-state index is 11.6. The standard InChI is InChI=1S/C10H11ClN2O2/c1-6(14)5-13-9-7(11)3-2-4-8(9)12-10(13)15/h2-4,6,14H,5H2,1H3,(H,12,15). The van der Waals surface area contributed by atoms with E-state index in [9.17, 15) is 9.90 Å². The molecule has 0 radical (unpaired) electrons. The van der Waals surface area contributed by atoms with Gasteiger partial charge in [0.25, 0.3) is 0 Å². The number of nitrogens with zero attached hydrogens (tertiary/aromatic N) is 1. The first-order valence-corrected chi connectivity index (χ1v) is 5.02. The highest BCUT2D eigenvalue weighted by molar-refractivity contribution is 6.34. The molecule has 15 heavy (non-hydrogen) atoms. The largest absolute Gasteiger partial charge is 0.392 e. The van der Waals surface area contributed by atoms with E-state index in [4.69, 9.17) is 11.6 Å². The van der Waals surface area contributed by atoms with Crippen molar-refractivity contribution in [2.75, 3.05) is 0 Å². The summed E-state index contributed by atoms with van der Waals surface area (Å²) in [5.41, 5.74) is 1.08. The van der Waals surface area contributed by atoms with Gasteiger partial charge in [0.05, 0.1) is 28.7 Å². The fourth-order valence-electron chi connectivity index (χ4n) is 1.61. The Hall–Kier alpha value is -1.26. The SMILES string of the molecule is CC(O)Cn1c(=O)[nH]c2cccc(Cl)c21. The molecule has 4 nitrogen and oxygen atoms in total. The Kier molecular flexibility index (Phi) is 2.54. The number of benzene rings is 1. The zero-order valence-corrected chi connectivity index (χ0v) is 8.95. The highest BCUT2D eigenvalue weighted by Gasteiger charge is 2.10. The lowest BCUT2D eigenvalue weighted by atomic mass is 10.3. The van der Waals surface area contributed by atoms with Crippen molar-refractivity contribution in [3.63, 3.8) is 0 Å². The summed E-state index contributed by atoms with van der Waals surface area (Å²) in [7, 11) is 0. The summed E-state index contributed by atoms with van der Waals surface area (Å²) in [6, 6.07) is 5.27. The first-order valence-electron chi connectivity index (χ1n) is 4.64. The van der Waals surface area contributed by atoms with E-state index in [-0.39, 0.29) is 12.2 Å². The van der Waals surface area contributed by atoms with Gasteiger partial charge in [0, 0.05) is 0 Å². The van der Waals surface area contributed by atoms with E-state index in [1.807, 2.05) is 0 Å². The molecular formula is C10H11ClN2O2. The minimum Gasteiger partial charge on any atom is -0.392 e. The molecular weight excluding hydrogens is 216 g/mol. The molecule has 2 rings (SSSR count). The second kappa shape index (κ2) is 3.72. The Bertz CT molecular complexity index is 542. The number of imidazole rings is 1. The number of aliphatic hydroxyl groups is 1. The van der Waals surface area contributed by atoms with Gasteiger partial charge in [-0.2, -0.15) is 0 Å². The zero-order valence-electron chi connectivity index (χ0n) is 8.20. The predicted octanol–water partition coefficient (Wildman–Crippen LogP) is 1.36. The molecule has 0 saturated heterocycles. The van der Waals surface area contributed by atoms with Crippen LogP contribution in [0.4, 0.5) is 0 Å². The zero-order chi connectivity index (χ0) is 11.0. The van der Waals surface area contributed by atoms with Crippen LogP contribution in [0, 0.1) is 0 Å². The monoisotopic (exact) mass is 226 g/mol. The van der Waals surface area contributed by atoms with E-state index >= 15 is 0 Å². The molecule has 1 aromatic carbocycles. The van der Waals surface area contributed by atoms with Gasteiger partial charge < -0.3 is 10.1 Å². The third kappa shape index (κ3) is 1.78. The molecule has 0 bridgehead atoms. The smallest absolute Gasteiger partial charge is 0.326 e. The fraction of sp³-hybridized carbons (Fsp3) is 0.300. The molecule has 0 spiro atoms. The van der Waals surface area contributed by atoms with Gasteiger partial charge in [-0.15, -0.1) is 0 Å². The summed E-state index contributed by atoms with van der Waals surface area (Å²) < 4.78 is 1.45.